The lowest BCUT2D eigenvalue weighted by atomic mass is 9.88. The molecule has 56 heavy (non-hydrogen) atoms. The summed E-state index contributed by atoms with van der Waals surface area (Å²) in [6, 6.07) is 58.9. The highest BCUT2D eigenvalue weighted by Crippen LogP contribution is 2.41. The number of anilines is 1. The van der Waals surface area contributed by atoms with Gasteiger partial charge in [-0.15, -0.1) is 0 Å². The lowest BCUT2D eigenvalue weighted by molar-refractivity contribution is 0.992. The molecule has 8 aromatic carbocycles. The van der Waals surface area contributed by atoms with Crippen molar-refractivity contribution in [2.24, 2.45) is 0 Å². The van der Waals surface area contributed by atoms with Crippen LogP contribution >= 0.6 is 0 Å². The molecule has 0 radical (unpaired) electrons. The third-order valence-electron chi connectivity index (χ3n) is 11.7. The van der Waals surface area contributed by atoms with Gasteiger partial charge in [-0.05, 0) is 91.0 Å². The zero-order valence-electron chi connectivity index (χ0n) is 30.2. The minimum Gasteiger partial charge on any atom is -0.374 e. The van der Waals surface area contributed by atoms with E-state index >= 15 is 0 Å². The molecule has 1 atom stereocenters. The van der Waals surface area contributed by atoms with Crippen molar-refractivity contribution in [2.45, 2.75) is 6.04 Å². The topological polar surface area (TPSA) is 50.7 Å². The number of aromatic nitrogens is 3. The van der Waals surface area contributed by atoms with Gasteiger partial charge >= 0.3 is 0 Å². The van der Waals surface area contributed by atoms with Gasteiger partial charge in [0.05, 0.1) is 34.0 Å². The number of hydrogen-bond acceptors (Lipinski definition) is 4. The van der Waals surface area contributed by atoms with Crippen LogP contribution in [0.15, 0.2) is 176 Å². The summed E-state index contributed by atoms with van der Waals surface area (Å²) >= 11 is 0. The molecule has 1 N–H and O–H groups in total. The summed E-state index contributed by atoms with van der Waals surface area (Å²) in [5.74, 6) is 0. The van der Waals surface area contributed by atoms with E-state index in [9.17, 15) is 0 Å². The molecule has 1 aliphatic heterocycles. The average molecular weight is 713 g/mol. The first-order valence-electron chi connectivity index (χ1n) is 19.1. The zero-order chi connectivity index (χ0) is 36.7. The molecule has 4 heteroatoms. The maximum Gasteiger partial charge on any atom is 0.0972 e. The van der Waals surface area contributed by atoms with Gasteiger partial charge in [-0.3, -0.25) is 4.98 Å². The maximum absolute atomic E-state index is 5.15. The highest BCUT2D eigenvalue weighted by Gasteiger charge is 2.20. The van der Waals surface area contributed by atoms with Crippen LogP contribution in [0.1, 0.15) is 17.2 Å². The standard InChI is InChI=1S/C52H32N4/c1-3-34-11-12-36-16-22-42(43-23-17-35(4-1)49(34)50(36)43)47-27-21-41-29-39(20-26-46(41)54-47)40-15-10-33-18-24-44(55-48(33)30-40)31-6-8-32(9-7-31)45-25-19-38-14-13-37-5-2-28-53-51(37)52(38)56-45/h1-30,47,54H. The zero-order valence-corrected chi connectivity index (χ0v) is 30.2. The van der Waals surface area contributed by atoms with Crippen molar-refractivity contribution >= 4 is 76.8 Å². The molecule has 0 fully saturated rings. The SMILES string of the molecule is C1=CC(c2ccc3ccc4cccc5ccc2c3c45)Nc2ccc(-c3ccc4ccc(-c5ccc(-c6ccc7ccc8cccnc8c7n6)cc5)nc4c3)cc21. The first-order chi connectivity index (χ1) is 27.7. The Morgan fingerprint density at radius 3 is 1.89 bits per heavy atom. The average Bonchev–Trinajstić information content (AvgIpc) is 3.27. The molecule has 0 aliphatic carbocycles. The Morgan fingerprint density at radius 1 is 0.446 bits per heavy atom. The van der Waals surface area contributed by atoms with Gasteiger partial charge in [0.15, 0.2) is 0 Å². The summed E-state index contributed by atoms with van der Waals surface area (Å²) in [5, 5.41) is 15.0. The van der Waals surface area contributed by atoms with Crippen LogP contribution in [0.3, 0.4) is 0 Å². The molecule has 3 aromatic heterocycles. The second kappa shape index (κ2) is 12.0. The lowest BCUT2D eigenvalue weighted by Crippen LogP contribution is -2.12. The fraction of sp³-hybridized carbons (Fsp3) is 0.0192. The summed E-state index contributed by atoms with van der Waals surface area (Å²) in [4.78, 5) is 14.8. The number of nitrogens with zero attached hydrogens (tertiary/aromatic N) is 3. The highest BCUT2D eigenvalue weighted by atomic mass is 14.9. The molecule has 0 spiro atoms. The molecule has 1 aliphatic rings. The molecular weight excluding hydrogens is 681 g/mol. The van der Waals surface area contributed by atoms with E-state index in [-0.39, 0.29) is 6.04 Å². The quantitative estimate of drug-likeness (QED) is 0.185. The monoisotopic (exact) mass is 712 g/mol. The van der Waals surface area contributed by atoms with Crippen LogP contribution in [0.5, 0.6) is 0 Å². The molecular formula is C52H32N4. The van der Waals surface area contributed by atoms with E-state index in [4.69, 9.17) is 9.97 Å². The first kappa shape index (κ1) is 31.0. The van der Waals surface area contributed by atoms with Crippen LogP contribution < -0.4 is 5.32 Å². The minimum atomic E-state index is 0.0803. The van der Waals surface area contributed by atoms with Gasteiger partial charge in [-0.1, -0.05) is 140 Å². The number of hydrogen-bond donors (Lipinski definition) is 1. The predicted molar refractivity (Wildman–Crippen MR) is 234 cm³/mol. The predicted octanol–water partition coefficient (Wildman–Crippen LogP) is 13.4. The van der Waals surface area contributed by atoms with Crippen molar-refractivity contribution in [3.8, 4) is 33.6 Å². The number of nitrogens with one attached hydrogen (secondary N) is 1. The van der Waals surface area contributed by atoms with Crippen LogP contribution in [0.2, 0.25) is 0 Å². The Hall–Kier alpha value is -7.43. The Balaban J connectivity index is 0.831. The smallest absolute Gasteiger partial charge is 0.0972 e. The van der Waals surface area contributed by atoms with E-state index < -0.39 is 0 Å². The molecule has 4 nitrogen and oxygen atoms in total. The molecule has 12 rings (SSSR count). The Morgan fingerprint density at radius 2 is 1.05 bits per heavy atom. The minimum absolute atomic E-state index is 0.0803. The van der Waals surface area contributed by atoms with Crippen molar-refractivity contribution in [2.75, 3.05) is 5.32 Å². The van der Waals surface area contributed by atoms with E-state index in [1.807, 2.05) is 12.3 Å². The van der Waals surface area contributed by atoms with Crippen LogP contribution in [-0.4, -0.2) is 15.0 Å². The summed E-state index contributed by atoms with van der Waals surface area (Å²) in [6.45, 7) is 0. The van der Waals surface area contributed by atoms with E-state index in [1.165, 1.54) is 49.0 Å². The van der Waals surface area contributed by atoms with E-state index in [2.05, 4.69) is 180 Å². The van der Waals surface area contributed by atoms with Crippen LogP contribution in [0.4, 0.5) is 5.69 Å². The van der Waals surface area contributed by atoms with E-state index in [1.54, 1.807) is 0 Å². The van der Waals surface area contributed by atoms with Gasteiger partial charge < -0.3 is 5.32 Å². The summed E-state index contributed by atoms with van der Waals surface area (Å²) in [5.41, 5.74) is 12.8. The summed E-state index contributed by atoms with van der Waals surface area (Å²) in [6.07, 6.45) is 6.40. The van der Waals surface area contributed by atoms with Crippen molar-refractivity contribution < 1.29 is 0 Å². The van der Waals surface area contributed by atoms with E-state index in [0.29, 0.717) is 0 Å². The van der Waals surface area contributed by atoms with Gasteiger partial charge in [-0.2, -0.15) is 0 Å². The van der Waals surface area contributed by atoms with Crippen LogP contribution in [0, 0.1) is 0 Å². The van der Waals surface area contributed by atoms with Crippen molar-refractivity contribution in [1.29, 1.82) is 0 Å². The van der Waals surface area contributed by atoms with Gasteiger partial charge in [0.2, 0.25) is 0 Å². The van der Waals surface area contributed by atoms with Gasteiger partial charge in [-0.25, -0.2) is 9.97 Å². The highest BCUT2D eigenvalue weighted by molar-refractivity contribution is 6.23. The van der Waals surface area contributed by atoms with Crippen molar-refractivity contribution in [3.05, 3.63) is 187 Å². The first-order valence-corrected chi connectivity index (χ1v) is 19.1. The van der Waals surface area contributed by atoms with Crippen molar-refractivity contribution in [3.63, 3.8) is 0 Å². The molecule has 1 unspecified atom stereocenters. The fourth-order valence-corrected chi connectivity index (χ4v) is 8.79. The summed E-state index contributed by atoms with van der Waals surface area (Å²) in [7, 11) is 0. The summed E-state index contributed by atoms with van der Waals surface area (Å²) < 4.78 is 0. The Labute approximate surface area is 322 Å². The normalized spacial score (nSPS) is 14.0. The van der Waals surface area contributed by atoms with Gasteiger partial charge in [0.25, 0.3) is 0 Å². The molecule has 4 heterocycles. The Bertz CT molecular complexity index is 3380. The number of benzene rings is 8. The number of fused-ring (bicyclic) bond motifs is 5. The largest absolute Gasteiger partial charge is 0.374 e. The van der Waals surface area contributed by atoms with Gasteiger partial charge in [0, 0.05) is 39.2 Å². The van der Waals surface area contributed by atoms with E-state index in [0.717, 1.165) is 66.5 Å². The van der Waals surface area contributed by atoms with Crippen LogP contribution in [-0.2, 0) is 0 Å². The number of rotatable bonds is 4. The van der Waals surface area contributed by atoms with Crippen LogP contribution in [0.25, 0.3) is 105 Å². The molecule has 0 bridgehead atoms. The molecule has 11 aromatic rings. The molecule has 0 amide bonds. The second-order valence-electron chi connectivity index (χ2n) is 14.9. The molecule has 0 saturated heterocycles. The fourth-order valence-electron chi connectivity index (χ4n) is 8.79. The third-order valence-corrected chi connectivity index (χ3v) is 11.7. The maximum atomic E-state index is 5.15. The second-order valence-corrected chi connectivity index (χ2v) is 14.9. The third kappa shape index (κ3) is 4.89. The van der Waals surface area contributed by atoms with Gasteiger partial charge in [0.1, 0.15) is 0 Å². The van der Waals surface area contributed by atoms with Crippen molar-refractivity contribution in [1.82, 2.24) is 15.0 Å². The number of pyridine rings is 3. The lowest BCUT2D eigenvalue weighted by Gasteiger charge is -2.25. The molecule has 260 valence electrons. The Kier molecular flexibility index (Phi) is 6.66. The molecule has 0 saturated carbocycles.